The van der Waals surface area contributed by atoms with Gasteiger partial charge in [0.25, 0.3) is 0 Å². The van der Waals surface area contributed by atoms with Crippen LogP contribution < -0.4 is 4.74 Å². The Hall–Kier alpha value is -2.11. The molecule has 0 aromatic heterocycles. The number of ether oxygens (including phenoxy) is 1. The summed E-state index contributed by atoms with van der Waals surface area (Å²) in [7, 11) is 0. The Kier molecular flexibility index (Phi) is 9.52. The lowest BCUT2D eigenvalue weighted by Gasteiger charge is -2.38. The predicted octanol–water partition coefficient (Wildman–Crippen LogP) is 9.97. The minimum Gasteiger partial charge on any atom is -0.429 e. The maximum absolute atomic E-state index is 14.5. The summed E-state index contributed by atoms with van der Waals surface area (Å²) in [5.74, 6) is -2.21. The molecule has 2 aromatic rings. The quantitative estimate of drug-likeness (QED) is 0.223. The zero-order valence-electron chi connectivity index (χ0n) is 21.8. The monoisotopic (exact) mass is 522 g/mol. The van der Waals surface area contributed by atoms with E-state index < -0.39 is 34.9 Å². The van der Waals surface area contributed by atoms with Crippen LogP contribution >= 0.6 is 0 Å². The lowest BCUT2D eigenvalue weighted by molar-refractivity contribution is -0.185. The van der Waals surface area contributed by atoms with Crippen molar-refractivity contribution in [2.75, 3.05) is 0 Å². The van der Waals surface area contributed by atoms with Gasteiger partial charge in [-0.1, -0.05) is 64.0 Å². The van der Waals surface area contributed by atoms with Crippen molar-refractivity contribution >= 4 is 0 Å². The second-order valence-corrected chi connectivity index (χ2v) is 11.3. The Balaban J connectivity index is 1.21. The van der Waals surface area contributed by atoms with Crippen molar-refractivity contribution in [1.29, 1.82) is 0 Å². The molecule has 0 spiro atoms. The maximum Gasteiger partial charge on any atom is 0.426 e. The number of hydrogen-bond donors (Lipinski definition) is 0. The fourth-order valence-electron chi connectivity index (χ4n) is 6.42. The second kappa shape index (κ2) is 12.6. The molecule has 2 aromatic carbocycles. The van der Waals surface area contributed by atoms with Gasteiger partial charge in [0.2, 0.25) is 0 Å². The zero-order valence-corrected chi connectivity index (χ0v) is 21.8. The van der Waals surface area contributed by atoms with E-state index in [1.807, 2.05) is 0 Å². The maximum atomic E-state index is 14.5. The predicted molar refractivity (Wildman–Crippen MR) is 136 cm³/mol. The molecular weight excluding hydrogens is 483 g/mol. The van der Waals surface area contributed by atoms with Gasteiger partial charge in [0.15, 0.2) is 17.5 Å². The first-order valence-electron chi connectivity index (χ1n) is 14.1. The lowest BCUT2D eigenvalue weighted by Crippen LogP contribution is -2.26. The highest BCUT2D eigenvalue weighted by Crippen LogP contribution is 2.43. The van der Waals surface area contributed by atoms with E-state index in [1.54, 1.807) is 12.1 Å². The molecule has 0 unspecified atom stereocenters. The molecule has 0 heterocycles. The molecule has 0 saturated heterocycles. The molecule has 1 nitrogen and oxygen atoms in total. The molecule has 0 N–H and O–H groups in total. The first kappa shape index (κ1) is 27.9. The van der Waals surface area contributed by atoms with Crippen LogP contribution in [0.4, 0.5) is 22.0 Å². The number of aryl methyl sites for hydroxylation is 1. The van der Waals surface area contributed by atoms with E-state index >= 15 is 0 Å². The van der Waals surface area contributed by atoms with Gasteiger partial charge < -0.3 is 4.74 Å². The van der Waals surface area contributed by atoms with E-state index in [2.05, 4.69) is 11.7 Å². The van der Waals surface area contributed by atoms with Gasteiger partial charge in [-0.3, -0.25) is 0 Å². The number of benzene rings is 2. The zero-order chi connectivity index (χ0) is 26.4. The van der Waals surface area contributed by atoms with Crippen LogP contribution in [-0.4, -0.2) is 0 Å². The van der Waals surface area contributed by atoms with Crippen LogP contribution in [0.1, 0.15) is 95.1 Å². The smallest absolute Gasteiger partial charge is 0.426 e. The van der Waals surface area contributed by atoms with Gasteiger partial charge in [0.1, 0.15) is 5.75 Å². The number of halogens is 5. The van der Waals surface area contributed by atoms with E-state index in [1.165, 1.54) is 82.8 Å². The SMILES string of the molecule is CCCCC1CCC(C2CCC(CCc3ccc(C(F)(F)Oc4cc(F)c(F)c(F)c4)cc3)CC2)CC1. The molecular formula is C31H39F5O. The van der Waals surface area contributed by atoms with Crippen LogP contribution in [-0.2, 0) is 12.5 Å². The highest BCUT2D eigenvalue weighted by atomic mass is 19.3. The summed E-state index contributed by atoms with van der Waals surface area (Å²) in [5.41, 5.74) is 0.553. The molecule has 4 rings (SSSR count). The highest BCUT2D eigenvalue weighted by Gasteiger charge is 2.35. The summed E-state index contributed by atoms with van der Waals surface area (Å²) in [5, 5.41) is 0. The van der Waals surface area contributed by atoms with Crippen molar-refractivity contribution < 1.29 is 26.7 Å². The van der Waals surface area contributed by atoms with E-state index in [0.29, 0.717) is 18.1 Å². The van der Waals surface area contributed by atoms with Crippen LogP contribution in [0, 0.1) is 41.1 Å². The van der Waals surface area contributed by atoms with Crippen molar-refractivity contribution in [2.45, 2.75) is 96.5 Å². The Labute approximate surface area is 217 Å². The number of unbranched alkanes of at least 4 members (excludes halogenated alkanes) is 1. The second-order valence-electron chi connectivity index (χ2n) is 11.3. The van der Waals surface area contributed by atoms with E-state index in [-0.39, 0.29) is 0 Å². The first-order valence-corrected chi connectivity index (χ1v) is 14.1. The third-order valence-electron chi connectivity index (χ3n) is 8.75. The molecule has 2 saturated carbocycles. The number of alkyl halides is 2. The van der Waals surface area contributed by atoms with Crippen LogP contribution in [0.3, 0.4) is 0 Å². The largest absolute Gasteiger partial charge is 0.429 e. The molecule has 6 heteroatoms. The Bertz CT molecular complexity index is 966. The van der Waals surface area contributed by atoms with Crippen LogP contribution in [0.15, 0.2) is 36.4 Å². The third kappa shape index (κ3) is 7.48. The van der Waals surface area contributed by atoms with E-state index in [4.69, 9.17) is 0 Å². The van der Waals surface area contributed by atoms with E-state index in [9.17, 15) is 22.0 Å². The molecule has 0 atom stereocenters. The van der Waals surface area contributed by atoms with Crippen molar-refractivity contribution in [3.63, 3.8) is 0 Å². The van der Waals surface area contributed by atoms with Gasteiger partial charge in [0, 0.05) is 12.1 Å². The van der Waals surface area contributed by atoms with Gasteiger partial charge in [-0.15, -0.1) is 0 Å². The Morgan fingerprint density at radius 2 is 1.27 bits per heavy atom. The third-order valence-corrected chi connectivity index (χ3v) is 8.75. The normalized spacial score (nSPS) is 24.7. The summed E-state index contributed by atoms with van der Waals surface area (Å²) in [6.45, 7) is 2.28. The number of rotatable bonds is 10. The fourth-order valence-corrected chi connectivity index (χ4v) is 6.42. The molecule has 37 heavy (non-hydrogen) atoms. The first-order chi connectivity index (χ1) is 17.7. The van der Waals surface area contributed by atoms with Crippen LogP contribution in [0.25, 0.3) is 0 Å². The minimum absolute atomic E-state index is 0.411. The summed E-state index contributed by atoms with van der Waals surface area (Å²) in [4.78, 5) is 0. The molecule has 0 aliphatic heterocycles. The van der Waals surface area contributed by atoms with Crippen LogP contribution in [0.2, 0.25) is 0 Å². The number of hydrogen-bond acceptors (Lipinski definition) is 1. The summed E-state index contributed by atoms with van der Waals surface area (Å²) < 4.78 is 73.3. The van der Waals surface area contributed by atoms with Gasteiger partial charge in [-0.05, 0) is 79.9 Å². The highest BCUT2D eigenvalue weighted by molar-refractivity contribution is 5.29. The van der Waals surface area contributed by atoms with E-state index in [0.717, 1.165) is 36.2 Å². The molecule has 2 fully saturated rings. The van der Waals surface area contributed by atoms with Crippen LogP contribution in [0.5, 0.6) is 5.75 Å². The Morgan fingerprint density at radius 1 is 0.757 bits per heavy atom. The van der Waals surface area contributed by atoms with Crippen molar-refractivity contribution in [3.8, 4) is 5.75 Å². The van der Waals surface area contributed by atoms with Gasteiger partial charge in [0.05, 0.1) is 5.56 Å². The van der Waals surface area contributed by atoms with Gasteiger partial charge in [-0.2, -0.15) is 8.78 Å². The molecule has 0 bridgehead atoms. The standard InChI is InChI=1S/C31H39F5O/c1-2-3-4-21-7-13-24(14-8-21)25-15-9-22(10-16-25)5-6-23-11-17-26(18-12-23)31(35,36)37-27-19-28(32)30(34)29(33)20-27/h11-12,17-22,24-25H,2-10,13-16H2,1H3. The van der Waals surface area contributed by atoms with Crippen molar-refractivity contribution in [2.24, 2.45) is 23.7 Å². The Morgan fingerprint density at radius 3 is 1.78 bits per heavy atom. The van der Waals surface area contributed by atoms with Gasteiger partial charge in [-0.25, -0.2) is 13.2 Å². The summed E-state index contributed by atoms with van der Waals surface area (Å²) in [6.07, 6.45) is 13.0. The fraction of sp³-hybridized carbons (Fsp3) is 0.613. The summed E-state index contributed by atoms with van der Waals surface area (Å²) >= 11 is 0. The van der Waals surface area contributed by atoms with Crippen molar-refractivity contribution in [3.05, 3.63) is 65.0 Å². The lowest BCUT2D eigenvalue weighted by atomic mass is 9.68. The molecule has 0 radical (unpaired) electrons. The van der Waals surface area contributed by atoms with Crippen molar-refractivity contribution in [1.82, 2.24) is 0 Å². The molecule has 2 aliphatic carbocycles. The molecule has 204 valence electrons. The summed E-state index contributed by atoms with van der Waals surface area (Å²) in [6, 6.07) is 6.68. The average Bonchev–Trinajstić information content (AvgIpc) is 2.90. The molecule has 0 amide bonds. The average molecular weight is 523 g/mol. The minimum atomic E-state index is -3.80. The van der Waals surface area contributed by atoms with Gasteiger partial charge >= 0.3 is 6.11 Å². The molecule has 2 aliphatic rings. The topological polar surface area (TPSA) is 9.23 Å².